The van der Waals surface area contributed by atoms with E-state index in [0.717, 1.165) is 61.5 Å². The first-order chi connectivity index (χ1) is 22.7. The summed E-state index contributed by atoms with van der Waals surface area (Å²) in [5.41, 5.74) is 20.2. The minimum absolute atomic E-state index is 0.0384. The molecule has 47 heavy (non-hydrogen) atoms. The molecule has 5 aromatic rings. The Balaban J connectivity index is 1.35. The van der Waals surface area contributed by atoms with Crippen molar-refractivity contribution in [1.82, 2.24) is 24.8 Å². The summed E-state index contributed by atoms with van der Waals surface area (Å²) in [6.45, 7) is 3.94. The predicted octanol–water partition coefficient (Wildman–Crippen LogP) is 5.10. The number of aliphatic imine (C=N–C) groups is 1. The van der Waals surface area contributed by atoms with Crippen LogP contribution < -0.4 is 33.5 Å². The van der Waals surface area contributed by atoms with Gasteiger partial charge in [0.15, 0.2) is 16.9 Å². The van der Waals surface area contributed by atoms with Gasteiger partial charge in [0.1, 0.15) is 5.65 Å². The molecular weight excluding hydrogens is 639 g/mol. The number of aromatic nitrogens is 4. The first-order valence-corrected chi connectivity index (χ1v) is 16.8. The maximum absolute atomic E-state index is 15.2. The van der Waals surface area contributed by atoms with Crippen molar-refractivity contribution in [3.05, 3.63) is 92.7 Å². The summed E-state index contributed by atoms with van der Waals surface area (Å²) in [7, 11) is 0. The van der Waals surface area contributed by atoms with Crippen molar-refractivity contribution in [3.63, 3.8) is 0 Å². The lowest BCUT2D eigenvalue weighted by Crippen LogP contribution is -2.26. The highest BCUT2D eigenvalue weighted by atomic mass is 35.5. The monoisotopic (exact) mass is 678 g/mol. The molecule has 2 atom stereocenters. The van der Waals surface area contributed by atoms with Gasteiger partial charge in [-0.3, -0.25) is 9.56 Å². The molecule has 0 aliphatic heterocycles. The van der Waals surface area contributed by atoms with E-state index in [-0.39, 0.29) is 23.1 Å². The highest BCUT2D eigenvalue weighted by Gasteiger charge is 2.16. The molecule has 0 unspecified atom stereocenters. The summed E-state index contributed by atoms with van der Waals surface area (Å²) in [5.74, 6) is -0.445. The Hall–Kier alpha value is -4.30. The van der Waals surface area contributed by atoms with Crippen molar-refractivity contribution in [2.75, 3.05) is 25.0 Å². The van der Waals surface area contributed by atoms with Crippen LogP contribution in [0.25, 0.3) is 28.0 Å². The van der Waals surface area contributed by atoms with E-state index in [1.807, 2.05) is 36.6 Å². The molecule has 248 valence electrons. The number of thiazole rings is 1. The van der Waals surface area contributed by atoms with Crippen molar-refractivity contribution in [3.8, 4) is 16.9 Å². The van der Waals surface area contributed by atoms with E-state index in [4.69, 9.17) is 28.8 Å². The number of aromatic amines is 1. The van der Waals surface area contributed by atoms with Crippen LogP contribution in [0.2, 0.25) is 5.02 Å². The number of fused-ring (bicyclic) bond motifs is 1. The van der Waals surface area contributed by atoms with Crippen LogP contribution in [0.3, 0.4) is 0 Å². The second kappa shape index (κ2) is 16.0. The number of anilines is 1. The third kappa shape index (κ3) is 9.16. The number of nitrogens with zero attached hydrogens (tertiary/aromatic N) is 4. The lowest BCUT2D eigenvalue weighted by molar-refractivity contribution is 0.505. The number of nitrogens with two attached hydrogens (primary N) is 3. The fourth-order valence-corrected chi connectivity index (χ4v) is 6.19. The minimum Gasteiger partial charge on any atom is -0.370 e. The summed E-state index contributed by atoms with van der Waals surface area (Å²) in [6, 6.07) is 13.1. The molecule has 0 aliphatic rings. The fourth-order valence-electron chi connectivity index (χ4n) is 5.39. The van der Waals surface area contributed by atoms with Gasteiger partial charge in [0.25, 0.3) is 0 Å². The van der Waals surface area contributed by atoms with Gasteiger partial charge in [0.05, 0.1) is 16.4 Å². The van der Waals surface area contributed by atoms with Crippen LogP contribution in [-0.2, 0) is 6.42 Å². The van der Waals surface area contributed by atoms with Gasteiger partial charge in [-0.25, -0.2) is 14.2 Å². The molecule has 0 radical (unpaired) electrons. The Bertz CT molecular complexity index is 1850. The van der Waals surface area contributed by atoms with Gasteiger partial charge in [-0.15, -0.1) is 11.3 Å². The highest BCUT2D eigenvalue weighted by Crippen LogP contribution is 2.31. The van der Waals surface area contributed by atoms with E-state index in [2.05, 4.69) is 30.6 Å². The zero-order chi connectivity index (χ0) is 33.3. The quantitative estimate of drug-likeness (QED) is 0.0474. The van der Waals surface area contributed by atoms with E-state index < -0.39 is 11.5 Å². The van der Waals surface area contributed by atoms with Gasteiger partial charge in [0.2, 0.25) is 0 Å². The van der Waals surface area contributed by atoms with Crippen molar-refractivity contribution < 1.29 is 4.39 Å². The molecule has 0 spiro atoms. The molecule has 11 nitrogen and oxygen atoms in total. The Kier molecular flexibility index (Phi) is 11.6. The van der Waals surface area contributed by atoms with Crippen molar-refractivity contribution in [2.24, 2.45) is 22.2 Å². The lowest BCUT2D eigenvalue weighted by atomic mass is 10.0. The first kappa shape index (κ1) is 34.0. The number of rotatable bonds is 16. The van der Waals surface area contributed by atoms with Gasteiger partial charge in [-0.05, 0) is 87.0 Å². The van der Waals surface area contributed by atoms with Crippen LogP contribution in [0.5, 0.6) is 0 Å². The highest BCUT2D eigenvalue weighted by molar-refractivity contribution is 7.13. The lowest BCUT2D eigenvalue weighted by Gasteiger charge is -2.20. The molecule has 3 aromatic heterocycles. The zero-order valence-electron chi connectivity index (χ0n) is 26.2. The number of hydrogen-bond donors (Lipinski definition) is 6. The molecule has 0 aliphatic carbocycles. The maximum atomic E-state index is 15.2. The molecule has 0 bridgehead atoms. The molecule has 0 amide bonds. The summed E-state index contributed by atoms with van der Waals surface area (Å²) in [5, 5.41) is 10.5. The molecule has 0 saturated heterocycles. The molecule has 3 heterocycles. The fraction of sp³-hybridized carbons (Fsp3) is 0.333. The first-order valence-electron chi connectivity index (χ1n) is 15.6. The SMILES string of the molecule is C[C@H](N)CCCc1cc(Cl)c(F)c(-c2cc3cn(-c4ccc([C@H](CCNc5nccs5)NCCCN=C(N)N)cc4)c(=O)nc3[nH]2)c1. The minimum atomic E-state index is -0.527. The van der Waals surface area contributed by atoms with Gasteiger partial charge < -0.3 is 32.8 Å². The van der Waals surface area contributed by atoms with Crippen molar-refractivity contribution >= 4 is 45.1 Å². The van der Waals surface area contributed by atoms with Crippen LogP contribution in [0.15, 0.2) is 70.0 Å². The van der Waals surface area contributed by atoms with E-state index in [1.54, 1.807) is 41.9 Å². The Morgan fingerprint density at radius 1 is 1.15 bits per heavy atom. The predicted molar refractivity (Wildman–Crippen MR) is 190 cm³/mol. The van der Waals surface area contributed by atoms with Gasteiger partial charge in [-0.1, -0.05) is 23.7 Å². The number of halogens is 2. The standard InChI is InChI=1S/C33H40ClFN10OS/c1-20(36)4-2-5-21-16-25(29(35)26(34)17-21)28-18-23-19-45(33(46)44-30(23)43-28)24-8-6-22(7-9-24)27(39-11-3-12-40-31(37)38)10-13-41-32-42-14-15-47-32/h6-9,14-20,27,39H,2-5,10-13,36H2,1H3,(H,41,42)(H4,37,38,40)(H,43,44,46)/t20-,27-/m0/s1. The summed E-state index contributed by atoms with van der Waals surface area (Å²) < 4.78 is 16.7. The largest absolute Gasteiger partial charge is 0.370 e. The number of aryl methyl sites for hydroxylation is 1. The number of H-pyrrole nitrogens is 1. The van der Waals surface area contributed by atoms with Gasteiger partial charge in [-0.2, -0.15) is 4.98 Å². The third-order valence-electron chi connectivity index (χ3n) is 7.75. The number of hydrogen-bond acceptors (Lipinski definition) is 8. The van der Waals surface area contributed by atoms with Crippen molar-refractivity contribution in [2.45, 2.75) is 51.1 Å². The van der Waals surface area contributed by atoms with Crippen LogP contribution in [-0.4, -0.2) is 51.2 Å². The number of nitrogens with one attached hydrogen (secondary N) is 3. The number of guanidine groups is 1. The second-order valence-corrected chi connectivity index (χ2v) is 12.8. The second-order valence-electron chi connectivity index (χ2n) is 11.5. The van der Waals surface area contributed by atoms with Gasteiger partial charge >= 0.3 is 5.69 Å². The topological polar surface area (TPSA) is 178 Å². The summed E-state index contributed by atoms with van der Waals surface area (Å²) >= 11 is 7.83. The van der Waals surface area contributed by atoms with E-state index in [0.29, 0.717) is 34.5 Å². The van der Waals surface area contributed by atoms with Crippen LogP contribution in [0.4, 0.5) is 9.52 Å². The van der Waals surface area contributed by atoms with E-state index in [1.165, 1.54) is 4.57 Å². The average molecular weight is 679 g/mol. The average Bonchev–Trinajstić information content (AvgIpc) is 3.71. The number of benzene rings is 2. The van der Waals surface area contributed by atoms with E-state index in [9.17, 15) is 4.79 Å². The third-order valence-corrected chi connectivity index (χ3v) is 8.75. The Labute approximate surface area is 281 Å². The van der Waals surface area contributed by atoms with E-state index >= 15 is 4.39 Å². The Morgan fingerprint density at radius 2 is 1.96 bits per heavy atom. The van der Waals surface area contributed by atoms with Crippen molar-refractivity contribution in [1.29, 1.82) is 0 Å². The summed E-state index contributed by atoms with van der Waals surface area (Å²) in [4.78, 5) is 28.8. The molecule has 5 rings (SSSR count). The van der Waals surface area contributed by atoms with Crippen LogP contribution in [0, 0.1) is 5.82 Å². The smallest absolute Gasteiger partial charge is 0.354 e. The van der Waals surface area contributed by atoms with Crippen LogP contribution in [0.1, 0.15) is 49.8 Å². The molecule has 2 aromatic carbocycles. The molecule has 9 N–H and O–H groups in total. The van der Waals surface area contributed by atoms with Gasteiger partial charge in [0, 0.05) is 53.9 Å². The Morgan fingerprint density at radius 3 is 2.68 bits per heavy atom. The zero-order valence-corrected chi connectivity index (χ0v) is 27.8. The molecule has 0 fully saturated rings. The molecular formula is C33H40ClFN10OS. The summed E-state index contributed by atoms with van der Waals surface area (Å²) in [6.07, 6.45) is 7.51. The normalized spacial score (nSPS) is 12.7. The molecule has 14 heteroatoms. The van der Waals surface area contributed by atoms with Crippen LogP contribution >= 0.6 is 22.9 Å². The molecule has 0 saturated carbocycles. The maximum Gasteiger partial charge on any atom is 0.354 e.